The molecule has 0 heterocycles. The van der Waals surface area contributed by atoms with Gasteiger partial charge in [0.25, 0.3) is 0 Å². The highest BCUT2D eigenvalue weighted by atomic mass is 16.1. The minimum absolute atomic E-state index is 0.462. The molecule has 0 aromatic carbocycles. The molecule has 1 fully saturated rings. The van der Waals surface area contributed by atoms with Gasteiger partial charge in [-0.15, -0.1) is 0 Å². The molecule has 12 heavy (non-hydrogen) atoms. The van der Waals surface area contributed by atoms with Crippen LogP contribution >= 0.6 is 0 Å². The van der Waals surface area contributed by atoms with Gasteiger partial charge in [0.1, 0.15) is 5.78 Å². The van der Waals surface area contributed by atoms with E-state index in [1.807, 2.05) is 0 Å². The zero-order valence-electron chi connectivity index (χ0n) is 8.47. The molecule has 1 atom stereocenters. The van der Waals surface area contributed by atoms with Crippen molar-refractivity contribution in [3.05, 3.63) is 0 Å². The highest BCUT2D eigenvalue weighted by Gasteiger charge is 2.28. The molecular formula is C11H20O. The van der Waals surface area contributed by atoms with Gasteiger partial charge >= 0.3 is 0 Å². The van der Waals surface area contributed by atoms with Gasteiger partial charge in [0.05, 0.1) is 0 Å². The van der Waals surface area contributed by atoms with Crippen molar-refractivity contribution in [3.8, 4) is 0 Å². The predicted octanol–water partition coefficient (Wildman–Crippen LogP) is 3.04. The summed E-state index contributed by atoms with van der Waals surface area (Å²) in [7, 11) is 0. The van der Waals surface area contributed by atoms with Crippen LogP contribution in [-0.4, -0.2) is 5.78 Å². The van der Waals surface area contributed by atoms with E-state index in [4.69, 9.17) is 0 Å². The van der Waals surface area contributed by atoms with Crippen molar-refractivity contribution in [1.82, 2.24) is 0 Å². The highest BCUT2D eigenvalue weighted by molar-refractivity contribution is 5.78. The van der Waals surface area contributed by atoms with Gasteiger partial charge in [0, 0.05) is 12.8 Å². The molecule has 1 aliphatic carbocycles. The summed E-state index contributed by atoms with van der Waals surface area (Å²) in [4.78, 5) is 11.4. The maximum atomic E-state index is 11.4. The Morgan fingerprint density at radius 3 is 2.25 bits per heavy atom. The topological polar surface area (TPSA) is 17.1 Å². The molecule has 0 amide bonds. The van der Waals surface area contributed by atoms with Crippen molar-refractivity contribution >= 4 is 5.78 Å². The van der Waals surface area contributed by atoms with E-state index in [2.05, 4.69) is 20.8 Å². The first kappa shape index (κ1) is 9.76. The molecule has 70 valence electrons. The number of ketones is 1. The van der Waals surface area contributed by atoms with Crippen molar-refractivity contribution in [2.45, 2.75) is 46.5 Å². The Balaban J connectivity index is 2.15. The smallest absolute Gasteiger partial charge is 0.133 e. The maximum absolute atomic E-state index is 11.4. The molecular weight excluding hydrogens is 148 g/mol. The third kappa shape index (κ3) is 3.38. The lowest BCUT2D eigenvalue weighted by molar-refractivity contribution is -0.120. The Morgan fingerprint density at radius 1 is 1.25 bits per heavy atom. The fraction of sp³-hybridized carbons (Fsp3) is 0.909. The maximum Gasteiger partial charge on any atom is 0.133 e. The molecule has 0 spiro atoms. The second-order valence-electron chi connectivity index (χ2n) is 4.66. The Bertz CT molecular complexity index is 156. The second kappa shape index (κ2) is 4.06. The summed E-state index contributed by atoms with van der Waals surface area (Å²) in [6.07, 6.45) is 4.31. The molecule has 1 aliphatic rings. The van der Waals surface area contributed by atoms with Crippen LogP contribution in [0.15, 0.2) is 0 Å². The Hall–Kier alpha value is -0.330. The molecule has 0 saturated heterocycles. The van der Waals surface area contributed by atoms with Gasteiger partial charge in [-0.3, -0.25) is 4.79 Å². The Morgan fingerprint density at radius 2 is 1.83 bits per heavy atom. The molecule has 0 aliphatic heterocycles. The molecule has 0 N–H and O–H groups in total. The first-order valence-corrected chi connectivity index (χ1v) is 5.11. The van der Waals surface area contributed by atoms with Gasteiger partial charge < -0.3 is 0 Å². The highest BCUT2D eigenvalue weighted by Crippen LogP contribution is 2.38. The van der Waals surface area contributed by atoms with E-state index in [9.17, 15) is 4.79 Å². The van der Waals surface area contributed by atoms with Crippen LogP contribution in [-0.2, 0) is 4.79 Å². The quantitative estimate of drug-likeness (QED) is 0.616. The van der Waals surface area contributed by atoms with Crippen molar-refractivity contribution < 1.29 is 4.79 Å². The first-order valence-electron chi connectivity index (χ1n) is 5.11. The van der Waals surface area contributed by atoms with Gasteiger partial charge in [-0.1, -0.05) is 20.8 Å². The van der Waals surface area contributed by atoms with Crippen LogP contribution in [0.5, 0.6) is 0 Å². The molecule has 0 bridgehead atoms. The van der Waals surface area contributed by atoms with Crippen molar-refractivity contribution in [2.75, 3.05) is 0 Å². The normalized spacial score (nSPS) is 19.7. The third-order valence-corrected chi connectivity index (χ3v) is 2.61. The molecule has 1 saturated carbocycles. The standard InChI is InChI=1S/C11H20O/c1-8(2)6-11(12)7-9(3)10-4-5-10/h8-10H,4-7H2,1-3H3. The number of hydrogen-bond acceptors (Lipinski definition) is 1. The number of carbonyl (C=O) groups is 1. The van der Waals surface area contributed by atoms with Crippen LogP contribution in [0.25, 0.3) is 0 Å². The van der Waals surface area contributed by atoms with Crippen molar-refractivity contribution in [1.29, 1.82) is 0 Å². The van der Waals surface area contributed by atoms with E-state index >= 15 is 0 Å². The summed E-state index contributed by atoms with van der Waals surface area (Å²) >= 11 is 0. The fourth-order valence-corrected chi connectivity index (χ4v) is 1.73. The van der Waals surface area contributed by atoms with E-state index in [1.165, 1.54) is 12.8 Å². The van der Waals surface area contributed by atoms with Gasteiger partial charge in [0.2, 0.25) is 0 Å². The van der Waals surface area contributed by atoms with Crippen molar-refractivity contribution in [2.24, 2.45) is 17.8 Å². The monoisotopic (exact) mass is 168 g/mol. The number of rotatable bonds is 5. The third-order valence-electron chi connectivity index (χ3n) is 2.61. The zero-order chi connectivity index (χ0) is 9.14. The van der Waals surface area contributed by atoms with E-state index in [0.717, 1.165) is 18.8 Å². The van der Waals surface area contributed by atoms with Gasteiger partial charge in [-0.05, 0) is 30.6 Å². The Labute approximate surface area is 75.5 Å². The number of Topliss-reactive ketones (excluding diaryl/α,β-unsaturated/α-hetero) is 1. The van der Waals surface area contributed by atoms with E-state index in [1.54, 1.807) is 0 Å². The minimum Gasteiger partial charge on any atom is -0.300 e. The second-order valence-corrected chi connectivity index (χ2v) is 4.66. The zero-order valence-corrected chi connectivity index (χ0v) is 8.47. The molecule has 0 aromatic rings. The molecule has 1 rings (SSSR count). The van der Waals surface area contributed by atoms with Crippen LogP contribution in [0, 0.1) is 17.8 Å². The first-order chi connectivity index (χ1) is 5.59. The molecule has 1 heteroatoms. The summed E-state index contributed by atoms with van der Waals surface area (Å²) in [5.41, 5.74) is 0. The largest absolute Gasteiger partial charge is 0.300 e. The predicted molar refractivity (Wildman–Crippen MR) is 51.0 cm³/mol. The Kier molecular flexibility index (Phi) is 3.30. The molecule has 1 nitrogen and oxygen atoms in total. The number of hydrogen-bond donors (Lipinski definition) is 0. The number of carbonyl (C=O) groups excluding carboxylic acids is 1. The van der Waals surface area contributed by atoms with Crippen LogP contribution in [0.4, 0.5) is 0 Å². The summed E-state index contributed by atoms with van der Waals surface area (Å²) in [5.74, 6) is 2.52. The summed E-state index contributed by atoms with van der Waals surface area (Å²) < 4.78 is 0. The molecule has 1 unspecified atom stereocenters. The van der Waals surface area contributed by atoms with E-state index in [-0.39, 0.29) is 0 Å². The average molecular weight is 168 g/mol. The summed E-state index contributed by atoms with van der Waals surface area (Å²) in [6, 6.07) is 0. The van der Waals surface area contributed by atoms with Crippen LogP contribution in [0.2, 0.25) is 0 Å². The van der Waals surface area contributed by atoms with Crippen molar-refractivity contribution in [3.63, 3.8) is 0 Å². The van der Waals surface area contributed by atoms with Gasteiger partial charge in [-0.2, -0.15) is 0 Å². The summed E-state index contributed by atoms with van der Waals surface area (Å²) in [6.45, 7) is 6.44. The lowest BCUT2D eigenvalue weighted by atomic mass is 9.95. The lowest BCUT2D eigenvalue weighted by Gasteiger charge is -2.09. The average Bonchev–Trinajstić information content (AvgIpc) is 2.63. The van der Waals surface area contributed by atoms with Crippen LogP contribution in [0.3, 0.4) is 0 Å². The SMILES string of the molecule is CC(C)CC(=O)CC(C)C1CC1. The van der Waals surface area contributed by atoms with Crippen LogP contribution in [0.1, 0.15) is 46.5 Å². The fourth-order valence-electron chi connectivity index (χ4n) is 1.73. The molecule has 0 aromatic heterocycles. The minimum atomic E-state index is 0.462. The van der Waals surface area contributed by atoms with E-state index < -0.39 is 0 Å². The van der Waals surface area contributed by atoms with Gasteiger partial charge in [0.15, 0.2) is 0 Å². The van der Waals surface area contributed by atoms with Gasteiger partial charge in [-0.25, -0.2) is 0 Å². The summed E-state index contributed by atoms with van der Waals surface area (Å²) in [5, 5.41) is 0. The van der Waals surface area contributed by atoms with Crippen LogP contribution < -0.4 is 0 Å². The van der Waals surface area contributed by atoms with E-state index in [0.29, 0.717) is 17.6 Å². The lowest BCUT2D eigenvalue weighted by Crippen LogP contribution is -2.09. The molecule has 0 radical (unpaired) electrons.